The van der Waals surface area contributed by atoms with Crippen LogP contribution in [0.3, 0.4) is 0 Å². The minimum Gasteiger partial charge on any atom is -0.301 e. The van der Waals surface area contributed by atoms with Crippen molar-refractivity contribution in [3.63, 3.8) is 0 Å². The number of hydrogen-bond donors (Lipinski definition) is 1. The number of rotatable bonds is 4. The Bertz CT molecular complexity index is 709. The third kappa shape index (κ3) is 3.40. The summed E-state index contributed by atoms with van der Waals surface area (Å²) in [7, 11) is 0. The lowest BCUT2D eigenvalue weighted by Crippen LogP contribution is -2.36. The van der Waals surface area contributed by atoms with Crippen LogP contribution >= 0.6 is 11.3 Å². The quantitative estimate of drug-likeness (QED) is 0.691. The fourth-order valence-electron chi connectivity index (χ4n) is 2.56. The third-order valence-corrected chi connectivity index (χ3v) is 4.58. The zero-order valence-corrected chi connectivity index (χ0v) is 12.8. The SMILES string of the molecule is O=C(CN1CCCCC1)Nc1nc2ccc([N+](=O)[O-])cc2s1. The normalized spacial score (nSPS) is 15.8. The lowest BCUT2D eigenvalue weighted by Gasteiger charge is -2.25. The van der Waals surface area contributed by atoms with Crippen LogP contribution in [0.1, 0.15) is 19.3 Å². The molecule has 0 aliphatic carbocycles. The van der Waals surface area contributed by atoms with Crippen molar-refractivity contribution in [1.29, 1.82) is 0 Å². The van der Waals surface area contributed by atoms with Crippen molar-refractivity contribution in [3.05, 3.63) is 28.3 Å². The maximum atomic E-state index is 12.0. The molecule has 0 spiro atoms. The molecule has 1 aromatic heterocycles. The first kappa shape index (κ1) is 14.9. The van der Waals surface area contributed by atoms with E-state index >= 15 is 0 Å². The summed E-state index contributed by atoms with van der Waals surface area (Å²) in [5, 5.41) is 14.0. The van der Waals surface area contributed by atoms with Gasteiger partial charge in [-0.25, -0.2) is 4.98 Å². The molecule has 1 saturated heterocycles. The van der Waals surface area contributed by atoms with Gasteiger partial charge in [-0.15, -0.1) is 0 Å². The van der Waals surface area contributed by atoms with Crippen LogP contribution in [0.2, 0.25) is 0 Å². The van der Waals surface area contributed by atoms with Gasteiger partial charge in [-0.1, -0.05) is 17.8 Å². The molecule has 0 saturated carbocycles. The van der Waals surface area contributed by atoms with Crippen molar-refractivity contribution in [3.8, 4) is 0 Å². The van der Waals surface area contributed by atoms with Gasteiger partial charge in [0.2, 0.25) is 5.91 Å². The molecule has 0 radical (unpaired) electrons. The highest BCUT2D eigenvalue weighted by atomic mass is 32.1. The van der Waals surface area contributed by atoms with E-state index in [2.05, 4.69) is 15.2 Å². The first-order chi connectivity index (χ1) is 10.6. The van der Waals surface area contributed by atoms with E-state index in [0.717, 1.165) is 25.9 Å². The van der Waals surface area contributed by atoms with Crippen LogP contribution in [0.5, 0.6) is 0 Å². The highest BCUT2D eigenvalue weighted by molar-refractivity contribution is 7.22. The predicted molar refractivity (Wildman–Crippen MR) is 85.2 cm³/mol. The van der Waals surface area contributed by atoms with Crippen molar-refractivity contribution in [2.75, 3.05) is 25.0 Å². The van der Waals surface area contributed by atoms with Crippen LogP contribution in [0.25, 0.3) is 10.2 Å². The maximum Gasteiger partial charge on any atom is 0.270 e. The van der Waals surface area contributed by atoms with E-state index in [1.165, 1.54) is 29.9 Å². The van der Waals surface area contributed by atoms with E-state index < -0.39 is 4.92 Å². The average Bonchev–Trinajstić information content (AvgIpc) is 2.89. The maximum absolute atomic E-state index is 12.0. The first-order valence-electron chi connectivity index (χ1n) is 7.19. The number of nitrogens with one attached hydrogen (secondary N) is 1. The summed E-state index contributed by atoms with van der Waals surface area (Å²) in [5.41, 5.74) is 0.686. The summed E-state index contributed by atoms with van der Waals surface area (Å²) in [6.07, 6.45) is 3.50. The molecule has 116 valence electrons. The number of nitrogens with zero attached hydrogens (tertiary/aromatic N) is 3. The molecule has 7 nitrogen and oxygen atoms in total. The van der Waals surface area contributed by atoms with Gasteiger partial charge < -0.3 is 5.32 Å². The largest absolute Gasteiger partial charge is 0.301 e. The van der Waals surface area contributed by atoms with E-state index in [4.69, 9.17) is 0 Å². The van der Waals surface area contributed by atoms with Crippen LogP contribution in [0.4, 0.5) is 10.8 Å². The highest BCUT2D eigenvalue weighted by Gasteiger charge is 2.16. The van der Waals surface area contributed by atoms with Gasteiger partial charge in [0.1, 0.15) is 0 Å². The number of thiazole rings is 1. The Morgan fingerprint density at radius 3 is 2.86 bits per heavy atom. The summed E-state index contributed by atoms with van der Waals surface area (Å²) in [6, 6.07) is 4.50. The third-order valence-electron chi connectivity index (χ3n) is 3.65. The summed E-state index contributed by atoms with van der Waals surface area (Å²) in [6.45, 7) is 2.29. The van der Waals surface area contributed by atoms with Gasteiger partial charge in [0.15, 0.2) is 5.13 Å². The smallest absolute Gasteiger partial charge is 0.270 e. The van der Waals surface area contributed by atoms with Gasteiger partial charge in [0.25, 0.3) is 5.69 Å². The van der Waals surface area contributed by atoms with E-state index in [9.17, 15) is 14.9 Å². The number of amides is 1. The minimum absolute atomic E-state index is 0.0299. The number of aromatic nitrogens is 1. The number of carbonyl (C=O) groups excluding carboxylic acids is 1. The number of anilines is 1. The zero-order chi connectivity index (χ0) is 15.5. The Morgan fingerprint density at radius 1 is 1.36 bits per heavy atom. The van der Waals surface area contributed by atoms with E-state index in [1.54, 1.807) is 6.07 Å². The standard InChI is InChI=1S/C14H16N4O3S/c19-13(9-17-6-2-1-3-7-17)16-14-15-11-5-4-10(18(20)21)8-12(11)22-14/h4-5,8H,1-3,6-7,9H2,(H,15,16,19). The van der Waals surface area contributed by atoms with Crippen LogP contribution in [-0.2, 0) is 4.79 Å². The molecule has 2 heterocycles. The first-order valence-corrected chi connectivity index (χ1v) is 8.01. The molecular weight excluding hydrogens is 304 g/mol. The fraction of sp³-hybridized carbons (Fsp3) is 0.429. The molecule has 1 amide bonds. The van der Waals surface area contributed by atoms with E-state index in [0.29, 0.717) is 21.9 Å². The summed E-state index contributed by atoms with van der Waals surface area (Å²) >= 11 is 1.25. The summed E-state index contributed by atoms with van der Waals surface area (Å²) in [5.74, 6) is -0.0875. The predicted octanol–water partition coefficient (Wildman–Crippen LogP) is 2.63. The van der Waals surface area contributed by atoms with E-state index in [-0.39, 0.29) is 11.6 Å². The second-order valence-corrected chi connectivity index (χ2v) is 6.34. The molecule has 1 aromatic carbocycles. The van der Waals surface area contributed by atoms with Gasteiger partial charge in [0, 0.05) is 12.1 Å². The summed E-state index contributed by atoms with van der Waals surface area (Å²) in [4.78, 5) is 28.8. The number of hydrogen-bond acceptors (Lipinski definition) is 6. The van der Waals surface area contributed by atoms with Gasteiger partial charge in [-0.2, -0.15) is 0 Å². The van der Waals surface area contributed by atoms with Crippen LogP contribution in [0.15, 0.2) is 18.2 Å². The Morgan fingerprint density at radius 2 is 2.14 bits per heavy atom. The summed E-state index contributed by atoms with van der Waals surface area (Å²) < 4.78 is 0.697. The molecule has 0 bridgehead atoms. The van der Waals surface area contributed by atoms with Crippen LogP contribution in [-0.4, -0.2) is 40.3 Å². The molecule has 0 unspecified atom stereocenters. The topological polar surface area (TPSA) is 88.4 Å². The highest BCUT2D eigenvalue weighted by Crippen LogP contribution is 2.29. The Kier molecular flexibility index (Phi) is 4.30. The molecule has 8 heteroatoms. The van der Waals surface area contributed by atoms with Crippen LogP contribution in [0, 0.1) is 10.1 Å². The lowest BCUT2D eigenvalue weighted by atomic mass is 10.1. The Balaban J connectivity index is 1.67. The molecule has 1 aliphatic heterocycles. The average molecular weight is 320 g/mol. The number of nitro benzene ring substituents is 1. The second-order valence-electron chi connectivity index (χ2n) is 5.31. The molecule has 22 heavy (non-hydrogen) atoms. The molecule has 1 fully saturated rings. The van der Waals surface area contributed by atoms with Crippen molar-refractivity contribution in [1.82, 2.24) is 9.88 Å². The lowest BCUT2D eigenvalue weighted by molar-refractivity contribution is -0.384. The number of likely N-dealkylation sites (tertiary alicyclic amines) is 1. The monoisotopic (exact) mass is 320 g/mol. The number of fused-ring (bicyclic) bond motifs is 1. The molecule has 0 atom stereocenters. The minimum atomic E-state index is -0.437. The molecule has 3 rings (SSSR count). The zero-order valence-electron chi connectivity index (χ0n) is 11.9. The van der Waals surface area contributed by atoms with Gasteiger partial charge in [0.05, 0.1) is 21.7 Å². The van der Waals surface area contributed by atoms with Gasteiger partial charge in [-0.3, -0.25) is 19.8 Å². The number of carbonyl (C=O) groups is 1. The molecule has 1 aliphatic rings. The number of nitro groups is 1. The van der Waals surface area contributed by atoms with Crippen LogP contribution < -0.4 is 5.32 Å². The molecular formula is C14H16N4O3S. The van der Waals surface area contributed by atoms with Gasteiger partial charge >= 0.3 is 0 Å². The molecule has 2 aromatic rings. The Labute approximate surface area is 131 Å². The molecule has 1 N–H and O–H groups in total. The van der Waals surface area contributed by atoms with Gasteiger partial charge in [-0.05, 0) is 32.0 Å². The van der Waals surface area contributed by atoms with Crippen molar-refractivity contribution < 1.29 is 9.72 Å². The number of piperidine rings is 1. The van der Waals surface area contributed by atoms with Crippen molar-refractivity contribution in [2.45, 2.75) is 19.3 Å². The van der Waals surface area contributed by atoms with E-state index in [1.807, 2.05) is 0 Å². The number of benzene rings is 1. The van der Waals surface area contributed by atoms with Crippen molar-refractivity contribution >= 4 is 38.3 Å². The fourth-order valence-corrected chi connectivity index (χ4v) is 3.47. The van der Waals surface area contributed by atoms with Crippen molar-refractivity contribution in [2.24, 2.45) is 0 Å². The Hall–Kier alpha value is -2.06. The second kappa shape index (κ2) is 6.37. The number of non-ortho nitro benzene ring substituents is 1.